The molecule has 0 aliphatic carbocycles. The molecular weight excluding hydrogens is 228 g/mol. The number of hydrogen-bond donors (Lipinski definition) is 0. The van der Waals surface area contributed by atoms with E-state index in [0.717, 1.165) is 25.1 Å². The minimum absolute atomic E-state index is 0.0720. The van der Waals surface area contributed by atoms with Crippen molar-refractivity contribution in [2.45, 2.75) is 39.2 Å². The zero-order valence-corrected chi connectivity index (χ0v) is 11.1. The normalized spacial score (nSPS) is 19.7. The Morgan fingerprint density at radius 3 is 3.00 bits per heavy atom. The van der Waals surface area contributed by atoms with E-state index in [2.05, 4.69) is 11.9 Å². The van der Waals surface area contributed by atoms with Gasteiger partial charge in [0.1, 0.15) is 5.75 Å². The molecule has 0 unspecified atom stereocenters. The molecule has 4 nitrogen and oxygen atoms in total. The van der Waals surface area contributed by atoms with Gasteiger partial charge in [-0.15, -0.1) is 0 Å². The predicted octanol–water partition coefficient (Wildman–Crippen LogP) is 2.17. The van der Waals surface area contributed by atoms with Gasteiger partial charge in [-0.05, 0) is 45.2 Å². The minimum atomic E-state index is 0.0720. The van der Waals surface area contributed by atoms with Crippen LogP contribution in [0.25, 0.3) is 0 Å². The lowest BCUT2D eigenvalue weighted by molar-refractivity contribution is -0.136. The van der Waals surface area contributed by atoms with E-state index in [1.54, 1.807) is 6.20 Å². The molecule has 0 bridgehead atoms. The van der Waals surface area contributed by atoms with Crippen molar-refractivity contribution in [2.75, 3.05) is 13.2 Å². The molecule has 0 saturated carbocycles. The number of pyridine rings is 1. The summed E-state index contributed by atoms with van der Waals surface area (Å²) in [5, 5.41) is 0. The van der Waals surface area contributed by atoms with Crippen molar-refractivity contribution in [3.05, 3.63) is 24.0 Å². The standard InChI is InChI=1S/C14H20N2O2/c1-11-6-7-13(9-15-11)18-10-14(17)16-8-4-3-5-12(16)2/h6-7,9,12H,3-5,8,10H2,1-2H3/t12-/m1/s1. The highest BCUT2D eigenvalue weighted by Crippen LogP contribution is 2.17. The molecule has 18 heavy (non-hydrogen) atoms. The molecular formula is C14H20N2O2. The second kappa shape index (κ2) is 5.85. The molecule has 1 aromatic rings. The Morgan fingerprint density at radius 1 is 1.50 bits per heavy atom. The molecule has 0 N–H and O–H groups in total. The van der Waals surface area contributed by atoms with Gasteiger partial charge in [0, 0.05) is 18.3 Å². The van der Waals surface area contributed by atoms with Gasteiger partial charge in [-0.2, -0.15) is 0 Å². The topological polar surface area (TPSA) is 42.4 Å². The highest BCUT2D eigenvalue weighted by Gasteiger charge is 2.23. The van der Waals surface area contributed by atoms with Crippen LogP contribution in [0.4, 0.5) is 0 Å². The average molecular weight is 248 g/mol. The summed E-state index contributed by atoms with van der Waals surface area (Å²) in [5.41, 5.74) is 0.943. The van der Waals surface area contributed by atoms with Crippen molar-refractivity contribution in [3.63, 3.8) is 0 Å². The maximum Gasteiger partial charge on any atom is 0.260 e. The summed E-state index contributed by atoms with van der Waals surface area (Å²) in [6, 6.07) is 4.06. The molecule has 0 aromatic carbocycles. The van der Waals surface area contributed by atoms with E-state index in [1.165, 1.54) is 6.42 Å². The SMILES string of the molecule is Cc1ccc(OCC(=O)N2CCCC[C@H]2C)cn1. The van der Waals surface area contributed by atoms with Crippen LogP contribution in [-0.4, -0.2) is 35.0 Å². The Bertz CT molecular complexity index is 403. The van der Waals surface area contributed by atoms with Crippen LogP contribution in [-0.2, 0) is 4.79 Å². The number of likely N-dealkylation sites (tertiary alicyclic amines) is 1. The monoisotopic (exact) mass is 248 g/mol. The third-order valence-corrected chi connectivity index (χ3v) is 3.37. The molecule has 1 saturated heterocycles. The molecule has 2 rings (SSSR count). The number of nitrogens with zero attached hydrogens (tertiary/aromatic N) is 2. The molecule has 0 spiro atoms. The molecule has 4 heteroatoms. The van der Waals surface area contributed by atoms with Crippen molar-refractivity contribution in [2.24, 2.45) is 0 Å². The van der Waals surface area contributed by atoms with E-state index < -0.39 is 0 Å². The number of ether oxygens (including phenoxy) is 1. The van der Waals surface area contributed by atoms with Gasteiger partial charge in [0.2, 0.25) is 0 Å². The smallest absolute Gasteiger partial charge is 0.260 e. The van der Waals surface area contributed by atoms with E-state index in [9.17, 15) is 4.79 Å². The first kappa shape index (κ1) is 12.9. The Morgan fingerprint density at radius 2 is 2.33 bits per heavy atom. The van der Waals surface area contributed by atoms with Crippen molar-refractivity contribution in [3.8, 4) is 5.75 Å². The zero-order chi connectivity index (χ0) is 13.0. The van der Waals surface area contributed by atoms with Gasteiger partial charge >= 0.3 is 0 Å². The van der Waals surface area contributed by atoms with Crippen LogP contribution in [0.15, 0.2) is 18.3 Å². The number of aryl methyl sites for hydroxylation is 1. The van der Waals surface area contributed by atoms with Crippen LogP contribution in [0.2, 0.25) is 0 Å². The van der Waals surface area contributed by atoms with Gasteiger partial charge in [0.15, 0.2) is 6.61 Å². The molecule has 1 fully saturated rings. The molecule has 0 radical (unpaired) electrons. The number of hydrogen-bond acceptors (Lipinski definition) is 3. The zero-order valence-electron chi connectivity index (χ0n) is 11.1. The Kier molecular flexibility index (Phi) is 4.18. The number of carbonyl (C=O) groups excluding carboxylic acids is 1. The number of aromatic nitrogens is 1. The first-order valence-corrected chi connectivity index (χ1v) is 6.52. The fraction of sp³-hybridized carbons (Fsp3) is 0.571. The first-order valence-electron chi connectivity index (χ1n) is 6.52. The summed E-state index contributed by atoms with van der Waals surface area (Å²) in [4.78, 5) is 18.1. The van der Waals surface area contributed by atoms with Crippen LogP contribution in [0.5, 0.6) is 5.75 Å². The number of carbonyl (C=O) groups is 1. The predicted molar refractivity (Wildman–Crippen MR) is 69.5 cm³/mol. The number of amides is 1. The minimum Gasteiger partial charge on any atom is -0.482 e. The highest BCUT2D eigenvalue weighted by atomic mass is 16.5. The van der Waals surface area contributed by atoms with Crippen LogP contribution >= 0.6 is 0 Å². The van der Waals surface area contributed by atoms with Gasteiger partial charge in [0.25, 0.3) is 5.91 Å². The van der Waals surface area contributed by atoms with Gasteiger partial charge < -0.3 is 9.64 Å². The third kappa shape index (κ3) is 3.22. The van der Waals surface area contributed by atoms with E-state index in [1.807, 2.05) is 24.0 Å². The average Bonchev–Trinajstić information content (AvgIpc) is 2.38. The van der Waals surface area contributed by atoms with Gasteiger partial charge in [-0.25, -0.2) is 0 Å². The molecule has 1 aliphatic rings. The molecule has 1 atom stereocenters. The lowest BCUT2D eigenvalue weighted by atomic mass is 10.0. The van der Waals surface area contributed by atoms with E-state index in [0.29, 0.717) is 11.8 Å². The second-order valence-corrected chi connectivity index (χ2v) is 4.86. The molecule has 2 heterocycles. The fourth-order valence-electron chi connectivity index (χ4n) is 2.24. The number of piperidine rings is 1. The van der Waals surface area contributed by atoms with Crippen molar-refractivity contribution >= 4 is 5.91 Å². The van der Waals surface area contributed by atoms with E-state index >= 15 is 0 Å². The van der Waals surface area contributed by atoms with Gasteiger partial charge in [-0.1, -0.05) is 0 Å². The van der Waals surface area contributed by atoms with Gasteiger partial charge in [-0.3, -0.25) is 9.78 Å². The molecule has 1 aromatic heterocycles. The Hall–Kier alpha value is -1.58. The molecule has 1 aliphatic heterocycles. The maximum absolute atomic E-state index is 12.0. The highest BCUT2D eigenvalue weighted by molar-refractivity contribution is 5.78. The first-order chi connectivity index (χ1) is 8.66. The Balaban J connectivity index is 1.85. The van der Waals surface area contributed by atoms with Crippen molar-refractivity contribution in [1.29, 1.82) is 0 Å². The Labute approximate surface area is 108 Å². The second-order valence-electron chi connectivity index (χ2n) is 4.86. The summed E-state index contributed by atoms with van der Waals surface area (Å²) in [7, 11) is 0. The summed E-state index contributed by atoms with van der Waals surface area (Å²) in [6.45, 7) is 4.99. The summed E-state index contributed by atoms with van der Waals surface area (Å²) < 4.78 is 5.47. The third-order valence-electron chi connectivity index (χ3n) is 3.37. The maximum atomic E-state index is 12.0. The van der Waals surface area contributed by atoms with Crippen LogP contribution in [0, 0.1) is 6.92 Å². The fourth-order valence-corrected chi connectivity index (χ4v) is 2.24. The van der Waals surface area contributed by atoms with Crippen molar-refractivity contribution < 1.29 is 9.53 Å². The lowest BCUT2D eigenvalue weighted by Crippen LogP contribution is -2.44. The quantitative estimate of drug-likeness (QED) is 0.823. The van der Waals surface area contributed by atoms with Crippen LogP contribution in [0.1, 0.15) is 31.9 Å². The van der Waals surface area contributed by atoms with Crippen LogP contribution < -0.4 is 4.74 Å². The van der Waals surface area contributed by atoms with Gasteiger partial charge in [0.05, 0.1) is 6.20 Å². The summed E-state index contributed by atoms with van der Waals surface area (Å²) in [6.07, 6.45) is 5.07. The number of rotatable bonds is 3. The van der Waals surface area contributed by atoms with Crippen LogP contribution in [0.3, 0.4) is 0 Å². The van der Waals surface area contributed by atoms with Crippen molar-refractivity contribution in [1.82, 2.24) is 9.88 Å². The summed E-state index contributed by atoms with van der Waals surface area (Å²) >= 11 is 0. The van der Waals surface area contributed by atoms with E-state index in [-0.39, 0.29) is 12.5 Å². The summed E-state index contributed by atoms with van der Waals surface area (Å²) in [5.74, 6) is 0.724. The van der Waals surface area contributed by atoms with E-state index in [4.69, 9.17) is 4.74 Å². The lowest BCUT2D eigenvalue weighted by Gasteiger charge is -2.33. The largest absolute Gasteiger partial charge is 0.482 e. The molecule has 98 valence electrons. The molecule has 1 amide bonds.